The largest absolute Gasteiger partial charge is 0.415 e. The van der Waals surface area contributed by atoms with Gasteiger partial charge in [-0.3, -0.25) is 4.79 Å². The third-order valence-electron chi connectivity index (χ3n) is 6.24. The van der Waals surface area contributed by atoms with Crippen LogP contribution in [-0.2, 0) is 4.79 Å². The topological polar surface area (TPSA) is 94.0 Å². The Hall–Kier alpha value is -3.64. The second kappa shape index (κ2) is 7.21. The van der Waals surface area contributed by atoms with E-state index < -0.39 is 35.9 Å². The molecule has 2 unspecified atom stereocenters. The molecule has 4 amide bonds. The Morgan fingerprint density at radius 2 is 1.94 bits per heavy atom. The highest BCUT2D eigenvalue weighted by Crippen LogP contribution is 2.43. The lowest BCUT2D eigenvalue weighted by Crippen LogP contribution is -2.55. The molecule has 3 aliphatic rings. The first kappa shape index (κ1) is 20.3. The molecule has 3 heterocycles. The molecule has 32 heavy (non-hydrogen) atoms. The summed E-state index contributed by atoms with van der Waals surface area (Å²) in [5.74, 6) is -0.714. The number of imide groups is 1. The van der Waals surface area contributed by atoms with Gasteiger partial charge in [-0.2, -0.15) is 5.26 Å². The van der Waals surface area contributed by atoms with Gasteiger partial charge in [0.25, 0.3) is 5.91 Å². The molecule has 0 N–H and O–H groups in total. The number of likely N-dealkylation sites (tertiary alicyclic amines) is 1. The fraction of sp³-hybridized carbons (Fsp3) is 0.273. The summed E-state index contributed by atoms with van der Waals surface area (Å²) in [6.45, 7) is 1.88. The van der Waals surface area contributed by atoms with Crippen molar-refractivity contribution in [3.05, 3.63) is 58.4 Å². The molecule has 0 aromatic heterocycles. The van der Waals surface area contributed by atoms with E-state index in [1.165, 1.54) is 46.2 Å². The van der Waals surface area contributed by atoms with Gasteiger partial charge >= 0.3 is 12.1 Å². The number of anilines is 1. The summed E-state index contributed by atoms with van der Waals surface area (Å²) in [6.07, 6.45) is -0.179. The van der Waals surface area contributed by atoms with Crippen molar-refractivity contribution in [2.45, 2.75) is 31.5 Å². The number of amides is 4. The molecule has 0 aliphatic carbocycles. The van der Waals surface area contributed by atoms with Crippen LogP contribution < -0.4 is 9.64 Å². The van der Waals surface area contributed by atoms with Crippen LogP contribution in [0.4, 0.5) is 19.7 Å². The van der Waals surface area contributed by atoms with Gasteiger partial charge in [-0.15, -0.1) is 0 Å². The van der Waals surface area contributed by atoms with Crippen LogP contribution in [0.2, 0.25) is 5.02 Å². The number of urea groups is 1. The maximum absolute atomic E-state index is 13.3. The molecule has 2 bridgehead atoms. The number of fused-ring (bicyclic) bond motifs is 5. The molecule has 3 aliphatic heterocycles. The highest BCUT2D eigenvalue weighted by molar-refractivity contribution is 6.33. The number of benzene rings is 2. The first-order chi connectivity index (χ1) is 15.3. The molecular formula is C22H16ClFN4O4. The summed E-state index contributed by atoms with van der Waals surface area (Å²) in [5, 5.41) is 9.34. The summed E-state index contributed by atoms with van der Waals surface area (Å²) < 4.78 is 18.4. The van der Waals surface area contributed by atoms with Gasteiger partial charge < -0.3 is 14.5 Å². The number of nitriles is 1. The summed E-state index contributed by atoms with van der Waals surface area (Å²) in [6, 6.07) is 7.89. The predicted octanol–water partition coefficient (Wildman–Crippen LogP) is 3.45. The van der Waals surface area contributed by atoms with E-state index in [9.17, 15) is 18.8 Å². The molecule has 3 atom stereocenters. The molecule has 3 fully saturated rings. The Balaban J connectivity index is 1.40. The van der Waals surface area contributed by atoms with Gasteiger partial charge in [0, 0.05) is 6.54 Å². The molecule has 5 rings (SSSR count). The Kier molecular flexibility index (Phi) is 4.57. The third kappa shape index (κ3) is 2.83. The average molecular weight is 455 g/mol. The number of hydrogen-bond acceptors (Lipinski definition) is 5. The second-order valence-electron chi connectivity index (χ2n) is 7.92. The van der Waals surface area contributed by atoms with E-state index in [1.807, 2.05) is 6.07 Å². The molecule has 0 radical (unpaired) electrons. The van der Waals surface area contributed by atoms with Crippen molar-refractivity contribution in [3.8, 4) is 11.8 Å². The van der Waals surface area contributed by atoms with Crippen LogP contribution in [0.3, 0.4) is 0 Å². The van der Waals surface area contributed by atoms with Crippen LogP contribution in [-0.4, -0.2) is 52.5 Å². The molecule has 2 aromatic rings. The smallest absolute Gasteiger partial charge is 0.410 e. The highest BCUT2D eigenvalue weighted by atomic mass is 35.5. The van der Waals surface area contributed by atoms with E-state index in [2.05, 4.69) is 0 Å². The van der Waals surface area contributed by atoms with Crippen LogP contribution in [0.15, 0.2) is 36.4 Å². The van der Waals surface area contributed by atoms with Crippen molar-refractivity contribution < 1.29 is 23.5 Å². The van der Waals surface area contributed by atoms with Crippen molar-refractivity contribution >= 4 is 35.3 Å². The summed E-state index contributed by atoms with van der Waals surface area (Å²) in [7, 11) is 0. The van der Waals surface area contributed by atoms with Crippen molar-refractivity contribution in [3.63, 3.8) is 0 Å². The quantitative estimate of drug-likeness (QED) is 0.648. The summed E-state index contributed by atoms with van der Waals surface area (Å²) >= 11 is 6.24. The number of carbonyl (C=O) groups is 3. The van der Waals surface area contributed by atoms with E-state index in [0.717, 1.165) is 4.90 Å². The van der Waals surface area contributed by atoms with Crippen LogP contribution >= 0.6 is 11.6 Å². The molecule has 162 valence electrons. The number of hydrogen-bond donors (Lipinski definition) is 0. The third-order valence-corrected chi connectivity index (χ3v) is 6.72. The van der Waals surface area contributed by atoms with Crippen LogP contribution in [0.1, 0.15) is 17.5 Å². The number of ether oxygens (including phenoxy) is 1. The lowest BCUT2D eigenvalue weighted by molar-refractivity contribution is -0.121. The van der Waals surface area contributed by atoms with E-state index in [0.29, 0.717) is 17.7 Å². The molecular weight excluding hydrogens is 439 g/mol. The van der Waals surface area contributed by atoms with Gasteiger partial charge in [-0.1, -0.05) is 11.6 Å². The molecule has 2 aromatic carbocycles. The van der Waals surface area contributed by atoms with Crippen LogP contribution in [0.5, 0.6) is 5.75 Å². The maximum atomic E-state index is 13.3. The van der Waals surface area contributed by atoms with Crippen LogP contribution in [0.25, 0.3) is 0 Å². The van der Waals surface area contributed by atoms with Crippen LogP contribution in [0, 0.1) is 24.1 Å². The van der Waals surface area contributed by atoms with Crippen molar-refractivity contribution in [2.24, 2.45) is 0 Å². The predicted molar refractivity (Wildman–Crippen MR) is 111 cm³/mol. The molecule has 0 saturated carbocycles. The number of nitrogens with zero attached hydrogens (tertiary/aromatic N) is 4. The van der Waals surface area contributed by atoms with Crippen molar-refractivity contribution in [1.82, 2.24) is 9.80 Å². The van der Waals surface area contributed by atoms with Crippen molar-refractivity contribution in [1.29, 1.82) is 5.26 Å². The summed E-state index contributed by atoms with van der Waals surface area (Å²) in [5.41, 5.74) is 1.02. The highest BCUT2D eigenvalue weighted by Gasteiger charge is 2.63. The second-order valence-corrected chi connectivity index (χ2v) is 8.30. The standard InChI is InChI=1S/C22H16ClFN4O4/c1-11-16(7-2-12(9-25)18(11)23)28-20(29)19-17-8-14(27(19)21(28)30)10-26(17)22(31)32-15-5-3-13(24)4-6-15/h2-7,14,17,19H,8,10H2,1H3/t14-,17?,19?/m1/s1. The lowest BCUT2D eigenvalue weighted by atomic mass is 10.1. The van der Waals surface area contributed by atoms with Gasteiger partial charge in [0.1, 0.15) is 23.7 Å². The minimum Gasteiger partial charge on any atom is -0.410 e. The number of piperazine rings is 1. The zero-order chi connectivity index (χ0) is 22.7. The minimum atomic E-state index is -0.823. The van der Waals surface area contributed by atoms with Gasteiger partial charge in [-0.05, 0) is 55.3 Å². The average Bonchev–Trinajstić information content (AvgIpc) is 3.44. The van der Waals surface area contributed by atoms with Gasteiger partial charge in [0.15, 0.2) is 0 Å². The first-order valence-electron chi connectivity index (χ1n) is 9.91. The van der Waals surface area contributed by atoms with E-state index in [4.69, 9.17) is 21.6 Å². The zero-order valence-electron chi connectivity index (χ0n) is 16.8. The lowest BCUT2D eigenvalue weighted by Gasteiger charge is -2.34. The number of carbonyl (C=O) groups excluding carboxylic acids is 3. The zero-order valence-corrected chi connectivity index (χ0v) is 17.5. The molecule has 8 nitrogen and oxygen atoms in total. The minimum absolute atomic E-state index is 0.185. The fourth-order valence-electron chi connectivity index (χ4n) is 4.75. The van der Waals surface area contributed by atoms with Gasteiger partial charge in [0.05, 0.1) is 28.4 Å². The monoisotopic (exact) mass is 454 g/mol. The Bertz CT molecular complexity index is 1210. The SMILES string of the molecule is Cc1c(N2C(=O)C3C4C[C@H](CN4C(=O)Oc4ccc(F)cc4)N3C2=O)ccc(C#N)c1Cl. The number of halogens is 2. The molecule has 3 saturated heterocycles. The van der Waals surface area contributed by atoms with E-state index in [-0.39, 0.29) is 28.9 Å². The maximum Gasteiger partial charge on any atom is 0.415 e. The number of rotatable bonds is 2. The Labute approximate surface area is 187 Å². The van der Waals surface area contributed by atoms with Crippen molar-refractivity contribution in [2.75, 3.05) is 11.4 Å². The summed E-state index contributed by atoms with van der Waals surface area (Å²) in [4.78, 5) is 43.2. The van der Waals surface area contributed by atoms with Gasteiger partial charge in [0.2, 0.25) is 0 Å². The molecule has 10 heteroatoms. The Morgan fingerprint density at radius 3 is 2.62 bits per heavy atom. The first-order valence-corrected chi connectivity index (χ1v) is 10.3. The fourth-order valence-corrected chi connectivity index (χ4v) is 4.96. The molecule has 0 spiro atoms. The van der Waals surface area contributed by atoms with Gasteiger partial charge in [-0.25, -0.2) is 18.9 Å². The normalized spacial score (nSPS) is 23.6. The van der Waals surface area contributed by atoms with E-state index >= 15 is 0 Å². The Morgan fingerprint density at radius 1 is 1.22 bits per heavy atom. The van der Waals surface area contributed by atoms with E-state index in [1.54, 1.807) is 6.92 Å².